The molecule has 2 rings (SSSR count). The molecule has 0 N–H and O–H groups in total. The number of sulfonamides is 1. The first-order chi connectivity index (χ1) is 16.9. The first kappa shape index (κ1) is 29.6. The Kier molecular flexibility index (Phi) is 13.7. The molecular weight excluding hydrogens is 450 g/mol. The molecule has 0 saturated heterocycles. The summed E-state index contributed by atoms with van der Waals surface area (Å²) in [5, 5.41) is 0. The molecule has 0 spiro atoms. The Morgan fingerprint density at radius 3 is 1.86 bits per heavy atom. The van der Waals surface area contributed by atoms with Crippen LogP contribution in [-0.4, -0.2) is 25.3 Å². The van der Waals surface area contributed by atoms with Gasteiger partial charge >= 0.3 is 0 Å². The fourth-order valence-corrected chi connectivity index (χ4v) is 6.33. The average Bonchev–Trinajstić information content (AvgIpc) is 2.85. The molecule has 0 radical (unpaired) electrons. The summed E-state index contributed by atoms with van der Waals surface area (Å²) in [5.74, 6) is 0. The van der Waals surface area contributed by atoms with Gasteiger partial charge in [-0.2, -0.15) is 4.31 Å². The number of nitrogens with zero attached hydrogens (tertiary/aromatic N) is 1. The predicted molar refractivity (Wildman–Crippen MR) is 151 cm³/mol. The zero-order chi connectivity index (χ0) is 25.5. The first-order valence-corrected chi connectivity index (χ1v) is 15.4. The number of hydrogen-bond donors (Lipinski definition) is 0. The molecule has 0 aromatic heterocycles. The lowest BCUT2D eigenvalue weighted by atomic mass is 9.82. The second kappa shape index (κ2) is 16.2. The van der Waals surface area contributed by atoms with Crippen molar-refractivity contribution in [2.24, 2.45) is 0 Å². The van der Waals surface area contributed by atoms with Crippen LogP contribution in [0.25, 0.3) is 0 Å². The molecule has 0 heterocycles. The fraction of sp³-hybridized carbons (Fsp3) is 0.613. The molecule has 1 fully saturated rings. The summed E-state index contributed by atoms with van der Waals surface area (Å²) in [6.45, 7) is 12.9. The van der Waals surface area contributed by atoms with Gasteiger partial charge in [0.05, 0.1) is 10.9 Å². The normalized spacial score (nSPS) is 16.4. The molecule has 0 unspecified atom stereocenters. The van der Waals surface area contributed by atoms with Gasteiger partial charge in [0.25, 0.3) is 0 Å². The molecule has 0 amide bonds. The van der Waals surface area contributed by atoms with E-state index in [0.29, 0.717) is 17.9 Å². The van der Waals surface area contributed by atoms with E-state index in [4.69, 9.17) is 0 Å². The van der Waals surface area contributed by atoms with Gasteiger partial charge in [-0.25, -0.2) is 8.42 Å². The Morgan fingerprint density at radius 1 is 0.829 bits per heavy atom. The second-order valence-electron chi connectivity index (χ2n) is 10.2. The summed E-state index contributed by atoms with van der Waals surface area (Å²) < 4.78 is 28.4. The minimum absolute atomic E-state index is 0.142. The topological polar surface area (TPSA) is 37.4 Å². The second-order valence-corrected chi connectivity index (χ2v) is 12.1. The summed E-state index contributed by atoms with van der Waals surface area (Å²) in [5.41, 5.74) is 2.90. The van der Waals surface area contributed by atoms with E-state index in [2.05, 4.69) is 32.2 Å². The van der Waals surface area contributed by atoms with E-state index in [1.165, 1.54) is 70.6 Å². The highest BCUT2D eigenvalue weighted by Crippen LogP contribution is 2.37. The molecule has 1 aliphatic rings. The van der Waals surface area contributed by atoms with Crippen LogP contribution < -0.4 is 0 Å². The lowest BCUT2D eigenvalue weighted by Gasteiger charge is -2.40. The van der Waals surface area contributed by atoms with Crippen molar-refractivity contribution in [3.8, 4) is 0 Å². The van der Waals surface area contributed by atoms with E-state index in [0.717, 1.165) is 36.0 Å². The maximum atomic E-state index is 13.4. The third-order valence-corrected chi connectivity index (χ3v) is 9.08. The van der Waals surface area contributed by atoms with Crippen LogP contribution in [0.15, 0.2) is 65.6 Å². The first-order valence-electron chi connectivity index (χ1n) is 14.0. The molecule has 0 aliphatic heterocycles. The van der Waals surface area contributed by atoms with Gasteiger partial charge in [0, 0.05) is 6.54 Å². The number of rotatable bonds is 19. The lowest BCUT2D eigenvalue weighted by molar-refractivity contribution is 0.316. The summed E-state index contributed by atoms with van der Waals surface area (Å²) in [7, 11) is -3.53. The lowest BCUT2D eigenvalue weighted by Crippen LogP contribution is -2.46. The van der Waals surface area contributed by atoms with Gasteiger partial charge in [0.15, 0.2) is 0 Å². The highest BCUT2D eigenvalue weighted by Gasteiger charge is 2.38. The smallest absolute Gasteiger partial charge is 0.207 e. The van der Waals surface area contributed by atoms with Crippen molar-refractivity contribution in [2.45, 2.75) is 121 Å². The largest absolute Gasteiger partial charge is 0.243 e. The Hall–Kier alpha value is -1.65. The Labute approximate surface area is 216 Å². The van der Waals surface area contributed by atoms with Crippen molar-refractivity contribution in [1.29, 1.82) is 0 Å². The third-order valence-electron chi connectivity index (χ3n) is 7.16. The number of hydrogen-bond acceptors (Lipinski definition) is 2. The zero-order valence-electron chi connectivity index (χ0n) is 22.4. The van der Waals surface area contributed by atoms with Gasteiger partial charge in [-0.1, -0.05) is 108 Å². The van der Waals surface area contributed by atoms with Crippen molar-refractivity contribution in [3.63, 3.8) is 0 Å². The number of benzene rings is 1. The van der Waals surface area contributed by atoms with Crippen LogP contribution in [0, 0.1) is 6.92 Å². The number of allylic oxidation sites excluding steroid dienone is 2. The van der Waals surface area contributed by atoms with Crippen LogP contribution in [0.5, 0.6) is 0 Å². The van der Waals surface area contributed by atoms with Crippen LogP contribution in [0.2, 0.25) is 0 Å². The van der Waals surface area contributed by atoms with E-state index in [1.807, 2.05) is 19.1 Å². The molecule has 1 aromatic rings. The Morgan fingerprint density at radius 2 is 1.34 bits per heavy atom. The molecule has 1 aromatic carbocycles. The van der Waals surface area contributed by atoms with E-state index in [-0.39, 0.29) is 6.04 Å². The van der Waals surface area contributed by atoms with E-state index >= 15 is 0 Å². The number of unbranched alkanes of at least 4 members (excludes halogenated alkanes) is 12. The fourth-order valence-electron chi connectivity index (χ4n) is 4.67. The van der Waals surface area contributed by atoms with Gasteiger partial charge in [-0.05, 0) is 68.7 Å². The summed E-state index contributed by atoms with van der Waals surface area (Å²) in [6, 6.07) is 7.02. The van der Waals surface area contributed by atoms with Gasteiger partial charge in [0.1, 0.15) is 0 Å². The van der Waals surface area contributed by atoms with E-state index < -0.39 is 10.0 Å². The standard InChI is InChI=1S/C31H49NO2S/c1-5-6-7-8-9-10-11-12-13-14-15-16-17-18-19-20-25-32(31-26-28(3)29(31)4)35(33,34)30-23-21-27(2)22-24-30/h12-13,21-24,31H,3-11,14-20,25-26H2,1-2H3/b13-12-/t31-/m1/s1. The minimum atomic E-state index is -3.53. The van der Waals surface area contributed by atoms with E-state index in [1.54, 1.807) is 16.4 Å². The molecule has 4 heteroatoms. The summed E-state index contributed by atoms with van der Waals surface area (Å²) >= 11 is 0. The maximum Gasteiger partial charge on any atom is 0.243 e. The molecule has 3 nitrogen and oxygen atoms in total. The Bertz CT molecular complexity index is 898. The van der Waals surface area contributed by atoms with Crippen LogP contribution in [0.4, 0.5) is 0 Å². The van der Waals surface area contributed by atoms with Crippen molar-refractivity contribution in [2.75, 3.05) is 6.54 Å². The van der Waals surface area contributed by atoms with Crippen molar-refractivity contribution in [1.82, 2.24) is 4.31 Å². The van der Waals surface area contributed by atoms with Crippen molar-refractivity contribution in [3.05, 3.63) is 66.3 Å². The predicted octanol–water partition coefficient (Wildman–Crippen LogP) is 8.91. The SMILES string of the molecule is C=C1C[C@@H](N(CCCCCCCC/C=C\CCCCCCCC)S(=O)(=O)c2ccc(C)cc2)C1=C. The number of aryl methyl sites for hydroxylation is 1. The van der Waals surface area contributed by atoms with Gasteiger partial charge in [-0.15, -0.1) is 0 Å². The molecule has 1 atom stereocenters. The highest BCUT2D eigenvalue weighted by atomic mass is 32.2. The third kappa shape index (κ3) is 10.1. The van der Waals surface area contributed by atoms with Crippen molar-refractivity contribution < 1.29 is 8.42 Å². The van der Waals surface area contributed by atoms with Gasteiger partial charge < -0.3 is 0 Å². The Balaban J connectivity index is 1.63. The van der Waals surface area contributed by atoms with E-state index in [9.17, 15) is 8.42 Å². The molecule has 35 heavy (non-hydrogen) atoms. The molecule has 0 bridgehead atoms. The van der Waals surface area contributed by atoms with Crippen molar-refractivity contribution >= 4 is 10.0 Å². The average molecular weight is 500 g/mol. The van der Waals surface area contributed by atoms with Crippen LogP contribution in [-0.2, 0) is 10.0 Å². The van der Waals surface area contributed by atoms with Crippen LogP contribution >= 0.6 is 0 Å². The quantitative estimate of drug-likeness (QED) is 0.141. The monoisotopic (exact) mass is 499 g/mol. The summed E-state index contributed by atoms with van der Waals surface area (Å²) in [6.07, 6.45) is 22.9. The zero-order valence-corrected chi connectivity index (χ0v) is 23.3. The summed E-state index contributed by atoms with van der Waals surface area (Å²) in [4.78, 5) is 0.373. The molecular formula is C31H49NO2S. The van der Waals surface area contributed by atoms with Crippen LogP contribution in [0.3, 0.4) is 0 Å². The molecule has 1 saturated carbocycles. The molecule has 1 aliphatic carbocycles. The van der Waals surface area contributed by atoms with Gasteiger partial charge in [-0.3, -0.25) is 0 Å². The minimum Gasteiger partial charge on any atom is -0.207 e. The van der Waals surface area contributed by atoms with Crippen LogP contribution in [0.1, 0.15) is 109 Å². The van der Waals surface area contributed by atoms with Gasteiger partial charge in [0.2, 0.25) is 10.0 Å². The molecule has 196 valence electrons. The maximum absolute atomic E-state index is 13.4. The highest BCUT2D eigenvalue weighted by molar-refractivity contribution is 7.89.